The lowest BCUT2D eigenvalue weighted by atomic mass is 9.89. The SMILES string of the molecule is CCC(=O)O[C@@H]1C[C@H](O)[C@H](C/C=C\CCCC(=O)Oc2ccc3c(c2)/C(=C/c2[nH]c(C)c(C(=O)NCCN(CC)CC)c2C)C(=O)N3)[C@H]1/C=C/[C@@H](O)CCc1ccccc1. The van der Waals surface area contributed by atoms with Gasteiger partial charge in [-0.2, -0.15) is 0 Å². The molecule has 0 bridgehead atoms. The molecule has 2 aromatic carbocycles. The number of carbonyl (C=O) groups is 4. The van der Waals surface area contributed by atoms with Gasteiger partial charge in [-0.3, -0.25) is 19.2 Å². The van der Waals surface area contributed by atoms with Crippen LogP contribution in [0.15, 0.2) is 72.8 Å². The van der Waals surface area contributed by atoms with Crippen molar-refractivity contribution in [2.24, 2.45) is 11.8 Å². The van der Waals surface area contributed by atoms with Gasteiger partial charge in [0.15, 0.2) is 0 Å². The number of rotatable bonds is 21. The molecule has 1 aliphatic heterocycles. The number of aromatic amines is 1. The molecule has 1 saturated carbocycles. The van der Waals surface area contributed by atoms with E-state index >= 15 is 0 Å². The highest BCUT2D eigenvalue weighted by molar-refractivity contribution is 6.35. The van der Waals surface area contributed by atoms with Crippen LogP contribution < -0.4 is 15.4 Å². The summed E-state index contributed by atoms with van der Waals surface area (Å²) in [5.41, 5.74) is 5.39. The van der Waals surface area contributed by atoms with Crippen LogP contribution in [0.2, 0.25) is 0 Å². The number of aliphatic hydroxyl groups is 2. The number of nitrogens with zero attached hydrogens (tertiary/aromatic N) is 1. The third-order valence-corrected chi connectivity index (χ3v) is 11.5. The number of carbonyl (C=O) groups excluding carboxylic acids is 4. The number of esters is 2. The van der Waals surface area contributed by atoms with Crippen LogP contribution in [0.3, 0.4) is 0 Å². The van der Waals surface area contributed by atoms with Gasteiger partial charge in [0.25, 0.3) is 11.8 Å². The lowest BCUT2D eigenvalue weighted by molar-refractivity contribution is -0.150. The summed E-state index contributed by atoms with van der Waals surface area (Å²) in [6, 6.07) is 15.0. The Hall–Kier alpha value is -5.30. The van der Waals surface area contributed by atoms with Crippen molar-refractivity contribution in [2.45, 2.75) is 104 Å². The van der Waals surface area contributed by atoms with Gasteiger partial charge < -0.3 is 40.2 Å². The van der Waals surface area contributed by atoms with Crippen LogP contribution in [-0.2, 0) is 25.5 Å². The Bertz CT molecular complexity index is 2030. The van der Waals surface area contributed by atoms with E-state index in [1.807, 2.05) is 62.4 Å². The minimum absolute atomic E-state index is 0.166. The topological polar surface area (TPSA) is 170 Å². The van der Waals surface area contributed by atoms with Gasteiger partial charge >= 0.3 is 11.9 Å². The molecule has 0 radical (unpaired) electrons. The molecule has 0 spiro atoms. The van der Waals surface area contributed by atoms with Crippen molar-refractivity contribution < 1.29 is 38.9 Å². The fourth-order valence-electron chi connectivity index (χ4n) is 8.02. The van der Waals surface area contributed by atoms with Crippen LogP contribution in [0.4, 0.5) is 5.69 Å². The Morgan fingerprint density at radius 2 is 1.80 bits per heavy atom. The molecular weight excluding hydrogens is 761 g/mol. The highest BCUT2D eigenvalue weighted by atomic mass is 16.5. The summed E-state index contributed by atoms with van der Waals surface area (Å²) in [6.07, 6.45) is 11.3. The van der Waals surface area contributed by atoms with Crippen LogP contribution >= 0.6 is 0 Å². The summed E-state index contributed by atoms with van der Waals surface area (Å²) in [6.45, 7) is 12.7. The summed E-state index contributed by atoms with van der Waals surface area (Å²) in [7, 11) is 0. The maximum atomic E-state index is 13.1. The highest BCUT2D eigenvalue weighted by Gasteiger charge is 2.42. The average Bonchev–Trinajstić information content (AvgIpc) is 3.82. The molecule has 1 aliphatic carbocycles. The Morgan fingerprint density at radius 1 is 1.03 bits per heavy atom. The van der Waals surface area contributed by atoms with Crippen molar-refractivity contribution >= 4 is 41.1 Å². The van der Waals surface area contributed by atoms with Crippen molar-refractivity contribution in [3.05, 3.63) is 106 Å². The lowest BCUT2D eigenvalue weighted by Crippen LogP contribution is -2.35. The van der Waals surface area contributed by atoms with E-state index in [-0.39, 0.29) is 42.5 Å². The van der Waals surface area contributed by atoms with Crippen LogP contribution in [-0.4, -0.2) is 88.3 Å². The monoisotopic (exact) mass is 822 g/mol. The van der Waals surface area contributed by atoms with Gasteiger partial charge in [-0.25, -0.2) is 0 Å². The van der Waals surface area contributed by atoms with Gasteiger partial charge in [-0.05, 0) is 100 Å². The van der Waals surface area contributed by atoms with Gasteiger partial charge in [-0.1, -0.05) is 75.4 Å². The first-order valence-electron chi connectivity index (χ1n) is 21.4. The van der Waals surface area contributed by atoms with E-state index in [4.69, 9.17) is 9.47 Å². The predicted octanol–water partition coefficient (Wildman–Crippen LogP) is 7.09. The number of aryl methyl sites for hydroxylation is 2. The summed E-state index contributed by atoms with van der Waals surface area (Å²) in [5.74, 6) is -1.30. The number of aliphatic hydroxyl groups excluding tert-OH is 2. The summed E-state index contributed by atoms with van der Waals surface area (Å²) < 4.78 is 11.4. The standard InChI is InChI=1S/C48H62N4O8/c1-6-44(55)60-43-30-42(54)36(37(43)24-22-34(53)21-20-33-16-12-11-13-17-33)18-14-9-10-15-19-45(56)59-35-23-25-40-38(28-35)39(47(57)51-40)29-41-31(4)46(32(5)50-41)48(58)49-26-27-52(7-2)8-3/h9,11-14,16-17,22-25,28-29,34,36-37,42-43,50,53-54H,6-8,10,15,18-21,26-27,30H2,1-5H3,(H,49,58)(H,51,57)/b14-9-,24-22+,39-29-/t34-,36+,37+,42-,43+/m0/s1. The van der Waals surface area contributed by atoms with E-state index in [1.54, 1.807) is 37.3 Å². The van der Waals surface area contributed by atoms with E-state index in [2.05, 4.69) is 34.4 Å². The fourth-order valence-corrected chi connectivity index (χ4v) is 8.02. The number of nitrogens with one attached hydrogen (secondary N) is 3. The predicted molar refractivity (Wildman–Crippen MR) is 234 cm³/mol. The molecule has 5 atom stereocenters. The number of anilines is 1. The molecule has 12 nitrogen and oxygen atoms in total. The fraction of sp³-hybridized carbons (Fsp3) is 0.458. The number of likely N-dealkylation sites (N-methyl/N-ethyl adjacent to an activating group) is 1. The Balaban J connectivity index is 1.13. The molecule has 322 valence electrons. The third kappa shape index (κ3) is 12.4. The zero-order valence-electron chi connectivity index (χ0n) is 35.7. The molecule has 1 fully saturated rings. The van der Waals surface area contributed by atoms with Crippen LogP contribution in [0, 0.1) is 25.7 Å². The number of unbranched alkanes of at least 4 members (excludes halogenated alkanes) is 1. The number of fused-ring (bicyclic) bond motifs is 1. The number of ether oxygens (including phenoxy) is 2. The molecule has 5 rings (SSSR count). The Labute approximate surface area is 354 Å². The lowest BCUT2D eigenvalue weighted by Gasteiger charge is -2.22. The molecule has 1 aromatic heterocycles. The molecule has 12 heteroatoms. The molecule has 3 aromatic rings. The first-order chi connectivity index (χ1) is 28.9. The van der Waals surface area contributed by atoms with E-state index < -0.39 is 24.3 Å². The summed E-state index contributed by atoms with van der Waals surface area (Å²) >= 11 is 0. The van der Waals surface area contributed by atoms with E-state index in [0.29, 0.717) is 78.2 Å². The minimum atomic E-state index is -0.670. The largest absolute Gasteiger partial charge is 0.462 e. The van der Waals surface area contributed by atoms with Crippen molar-refractivity contribution in [3.63, 3.8) is 0 Å². The second-order valence-corrected chi connectivity index (χ2v) is 15.6. The second-order valence-electron chi connectivity index (χ2n) is 15.6. The van der Waals surface area contributed by atoms with Crippen LogP contribution in [0.25, 0.3) is 11.6 Å². The van der Waals surface area contributed by atoms with Gasteiger partial charge in [0.1, 0.15) is 11.9 Å². The van der Waals surface area contributed by atoms with E-state index in [9.17, 15) is 29.4 Å². The molecule has 5 N–H and O–H groups in total. The Morgan fingerprint density at radius 3 is 2.53 bits per heavy atom. The maximum absolute atomic E-state index is 13.1. The van der Waals surface area contributed by atoms with Gasteiger partial charge in [-0.15, -0.1) is 0 Å². The maximum Gasteiger partial charge on any atom is 0.311 e. The van der Waals surface area contributed by atoms with Gasteiger partial charge in [0.2, 0.25) is 0 Å². The second kappa shape index (κ2) is 22.3. The van der Waals surface area contributed by atoms with Crippen molar-refractivity contribution in [1.82, 2.24) is 15.2 Å². The van der Waals surface area contributed by atoms with Gasteiger partial charge in [0, 0.05) is 60.9 Å². The molecule has 0 saturated heterocycles. The minimum Gasteiger partial charge on any atom is -0.462 e. The molecule has 2 heterocycles. The van der Waals surface area contributed by atoms with Gasteiger partial charge in [0.05, 0.1) is 23.3 Å². The first kappa shape index (κ1) is 45.8. The summed E-state index contributed by atoms with van der Waals surface area (Å²) in [5, 5.41) is 27.6. The van der Waals surface area contributed by atoms with Crippen LogP contribution in [0.5, 0.6) is 5.75 Å². The number of hydrogen-bond acceptors (Lipinski definition) is 9. The van der Waals surface area contributed by atoms with E-state index in [1.165, 1.54) is 0 Å². The number of allylic oxidation sites excluding steroid dienone is 2. The number of aromatic nitrogens is 1. The number of amides is 2. The highest BCUT2D eigenvalue weighted by Crippen LogP contribution is 2.39. The first-order valence-corrected chi connectivity index (χ1v) is 21.4. The van der Waals surface area contributed by atoms with Crippen molar-refractivity contribution in [1.29, 1.82) is 0 Å². The van der Waals surface area contributed by atoms with Crippen LogP contribution in [0.1, 0.15) is 104 Å². The normalized spacial score (nSPS) is 19.9. The molecule has 2 amide bonds. The summed E-state index contributed by atoms with van der Waals surface area (Å²) in [4.78, 5) is 56.8. The van der Waals surface area contributed by atoms with Crippen molar-refractivity contribution in [3.8, 4) is 5.75 Å². The van der Waals surface area contributed by atoms with E-state index in [0.717, 1.165) is 37.2 Å². The molecule has 60 heavy (non-hydrogen) atoms. The molecule has 2 aliphatic rings. The molecule has 0 unspecified atom stereocenters. The van der Waals surface area contributed by atoms with Crippen molar-refractivity contribution in [2.75, 3.05) is 31.5 Å². The molecular formula is C48H62N4O8. The third-order valence-electron chi connectivity index (χ3n) is 11.5. The number of hydrogen-bond donors (Lipinski definition) is 5. The number of H-pyrrole nitrogens is 1. The zero-order chi connectivity index (χ0) is 43.2. The zero-order valence-corrected chi connectivity index (χ0v) is 35.7. The average molecular weight is 823 g/mol. The Kier molecular flexibility index (Phi) is 17.0. The smallest absolute Gasteiger partial charge is 0.311 e. The quantitative estimate of drug-likeness (QED) is 0.0248. The number of benzene rings is 2.